The van der Waals surface area contributed by atoms with E-state index in [9.17, 15) is 4.79 Å². The predicted molar refractivity (Wildman–Crippen MR) is 82.3 cm³/mol. The first kappa shape index (κ1) is 13.8. The fourth-order valence-corrected chi connectivity index (χ4v) is 2.45. The van der Waals surface area contributed by atoms with Crippen LogP contribution in [0.3, 0.4) is 0 Å². The van der Waals surface area contributed by atoms with Gasteiger partial charge in [0.05, 0.1) is 5.56 Å². The highest BCUT2D eigenvalue weighted by atomic mass is 79.9. The zero-order valence-electron chi connectivity index (χ0n) is 11.1. The fraction of sp³-hybridized carbons (Fsp3) is 0.133. The van der Waals surface area contributed by atoms with Crippen molar-refractivity contribution in [1.29, 1.82) is 0 Å². The Bertz CT molecular complexity index is 703. The van der Waals surface area contributed by atoms with Crippen molar-refractivity contribution in [1.82, 2.24) is 5.32 Å². The van der Waals surface area contributed by atoms with Gasteiger partial charge in [-0.2, -0.15) is 0 Å². The van der Waals surface area contributed by atoms with Gasteiger partial charge in [-0.25, -0.2) is 0 Å². The molecule has 2 aromatic carbocycles. The minimum absolute atomic E-state index is 0.210. The highest BCUT2D eigenvalue weighted by molar-refractivity contribution is 9.10. The molecular weight excluding hydrogens is 336 g/mol. The molecule has 0 spiro atoms. The first-order valence-corrected chi connectivity index (χ1v) is 7.14. The average molecular weight is 349 g/mol. The van der Waals surface area contributed by atoms with Crippen LogP contribution in [0.4, 0.5) is 5.69 Å². The van der Waals surface area contributed by atoms with Crippen LogP contribution in [0.15, 0.2) is 40.9 Å². The van der Waals surface area contributed by atoms with E-state index in [1.165, 1.54) is 0 Å². The summed E-state index contributed by atoms with van der Waals surface area (Å²) in [5.74, 6) is 1.21. The summed E-state index contributed by atoms with van der Waals surface area (Å²) in [6.45, 7) is 0.631. The molecule has 1 heterocycles. The zero-order valence-corrected chi connectivity index (χ0v) is 12.6. The Morgan fingerprint density at radius 3 is 2.81 bits per heavy atom. The number of ether oxygens (including phenoxy) is 2. The van der Waals surface area contributed by atoms with Crippen molar-refractivity contribution in [3.63, 3.8) is 0 Å². The summed E-state index contributed by atoms with van der Waals surface area (Å²) in [5.41, 5.74) is 7.67. The van der Waals surface area contributed by atoms with Gasteiger partial charge in [-0.15, -0.1) is 0 Å². The Kier molecular flexibility index (Phi) is 3.70. The third-order valence-corrected chi connectivity index (χ3v) is 3.64. The van der Waals surface area contributed by atoms with Crippen LogP contribution in [0.1, 0.15) is 15.9 Å². The van der Waals surface area contributed by atoms with Gasteiger partial charge >= 0.3 is 0 Å². The Morgan fingerprint density at radius 1 is 1.19 bits per heavy atom. The van der Waals surface area contributed by atoms with E-state index in [-0.39, 0.29) is 12.7 Å². The van der Waals surface area contributed by atoms with Gasteiger partial charge in [0.15, 0.2) is 11.5 Å². The molecule has 108 valence electrons. The Hall–Kier alpha value is -2.21. The second-order valence-electron chi connectivity index (χ2n) is 4.60. The molecule has 5 nitrogen and oxygen atoms in total. The molecule has 0 fully saturated rings. The topological polar surface area (TPSA) is 73.6 Å². The van der Waals surface area contributed by atoms with E-state index in [1.54, 1.807) is 18.2 Å². The summed E-state index contributed by atoms with van der Waals surface area (Å²) in [6, 6.07) is 10.7. The molecule has 1 aliphatic heterocycles. The molecule has 2 aromatic rings. The van der Waals surface area contributed by atoms with Gasteiger partial charge in [-0.3, -0.25) is 4.79 Å². The molecule has 0 unspecified atom stereocenters. The van der Waals surface area contributed by atoms with E-state index < -0.39 is 0 Å². The van der Waals surface area contributed by atoms with Crippen molar-refractivity contribution in [2.75, 3.05) is 12.5 Å². The van der Waals surface area contributed by atoms with Crippen molar-refractivity contribution in [3.05, 3.63) is 52.0 Å². The summed E-state index contributed by atoms with van der Waals surface area (Å²) < 4.78 is 11.4. The number of carbonyl (C=O) groups excluding carboxylic acids is 1. The number of halogens is 1. The monoisotopic (exact) mass is 348 g/mol. The van der Waals surface area contributed by atoms with Gasteiger partial charge in [0.1, 0.15) is 0 Å². The quantitative estimate of drug-likeness (QED) is 0.836. The number of hydrogen-bond acceptors (Lipinski definition) is 4. The lowest BCUT2D eigenvalue weighted by molar-refractivity contribution is 0.0951. The molecule has 0 radical (unpaired) electrons. The van der Waals surface area contributed by atoms with Crippen molar-refractivity contribution >= 4 is 27.5 Å². The number of anilines is 1. The molecule has 1 amide bonds. The maximum atomic E-state index is 12.1. The summed E-state index contributed by atoms with van der Waals surface area (Å²) in [5, 5.41) is 2.84. The lowest BCUT2D eigenvalue weighted by Gasteiger charge is -2.08. The molecule has 0 saturated heterocycles. The number of amides is 1. The van der Waals surface area contributed by atoms with Crippen LogP contribution in [-0.4, -0.2) is 12.7 Å². The minimum atomic E-state index is -0.210. The first-order valence-electron chi connectivity index (χ1n) is 6.35. The van der Waals surface area contributed by atoms with E-state index in [1.807, 2.05) is 18.2 Å². The van der Waals surface area contributed by atoms with Crippen molar-refractivity contribution in [2.45, 2.75) is 6.54 Å². The molecule has 0 atom stereocenters. The standard InChI is InChI=1S/C15H13BrN2O3/c16-10-2-3-11(12(17)6-10)15(19)18-7-9-1-4-13-14(5-9)21-8-20-13/h1-6H,7-8,17H2,(H,18,19). The summed E-state index contributed by atoms with van der Waals surface area (Å²) >= 11 is 3.31. The van der Waals surface area contributed by atoms with Gasteiger partial charge in [0.25, 0.3) is 5.91 Å². The highest BCUT2D eigenvalue weighted by Gasteiger charge is 2.14. The van der Waals surface area contributed by atoms with Crippen LogP contribution in [0, 0.1) is 0 Å². The van der Waals surface area contributed by atoms with Crippen LogP contribution >= 0.6 is 15.9 Å². The number of benzene rings is 2. The van der Waals surface area contributed by atoms with E-state index >= 15 is 0 Å². The number of carbonyl (C=O) groups is 1. The normalized spacial score (nSPS) is 12.2. The molecule has 3 rings (SSSR count). The molecule has 1 aliphatic rings. The summed E-state index contributed by atoms with van der Waals surface area (Å²) in [7, 11) is 0. The molecule has 3 N–H and O–H groups in total. The number of nitrogens with two attached hydrogens (primary N) is 1. The number of fused-ring (bicyclic) bond motifs is 1. The van der Waals surface area contributed by atoms with E-state index in [4.69, 9.17) is 15.2 Å². The lowest BCUT2D eigenvalue weighted by Crippen LogP contribution is -2.23. The average Bonchev–Trinajstić information content (AvgIpc) is 2.92. The number of hydrogen-bond donors (Lipinski definition) is 2. The van der Waals surface area contributed by atoms with Crippen LogP contribution in [0.2, 0.25) is 0 Å². The molecule has 6 heteroatoms. The van der Waals surface area contributed by atoms with Gasteiger partial charge in [0, 0.05) is 16.7 Å². The maximum absolute atomic E-state index is 12.1. The lowest BCUT2D eigenvalue weighted by atomic mass is 10.1. The SMILES string of the molecule is Nc1cc(Br)ccc1C(=O)NCc1ccc2c(c1)OCO2. The molecule has 0 saturated carbocycles. The second-order valence-corrected chi connectivity index (χ2v) is 5.52. The molecule has 0 aliphatic carbocycles. The third-order valence-electron chi connectivity index (χ3n) is 3.15. The Morgan fingerprint density at radius 2 is 2.00 bits per heavy atom. The summed E-state index contributed by atoms with van der Waals surface area (Å²) in [6.07, 6.45) is 0. The maximum Gasteiger partial charge on any atom is 0.253 e. The largest absolute Gasteiger partial charge is 0.454 e. The van der Waals surface area contributed by atoms with Crippen LogP contribution in [-0.2, 0) is 6.54 Å². The first-order chi connectivity index (χ1) is 10.1. The van der Waals surface area contributed by atoms with Crippen molar-refractivity contribution < 1.29 is 14.3 Å². The number of rotatable bonds is 3. The second kappa shape index (κ2) is 5.65. The smallest absolute Gasteiger partial charge is 0.253 e. The van der Waals surface area contributed by atoms with E-state index in [0.717, 1.165) is 15.8 Å². The summed E-state index contributed by atoms with van der Waals surface area (Å²) in [4.78, 5) is 12.1. The minimum Gasteiger partial charge on any atom is -0.454 e. The van der Waals surface area contributed by atoms with Crippen LogP contribution in [0.5, 0.6) is 11.5 Å². The van der Waals surface area contributed by atoms with Crippen molar-refractivity contribution in [2.24, 2.45) is 0 Å². The van der Waals surface area contributed by atoms with Crippen LogP contribution < -0.4 is 20.5 Å². The Balaban J connectivity index is 1.68. The van der Waals surface area contributed by atoms with Crippen molar-refractivity contribution in [3.8, 4) is 11.5 Å². The van der Waals surface area contributed by atoms with Gasteiger partial charge in [-0.05, 0) is 35.9 Å². The molecule has 0 aromatic heterocycles. The number of nitrogen functional groups attached to an aromatic ring is 1. The predicted octanol–water partition coefficient (Wildman–Crippen LogP) is 2.69. The molecular formula is C15H13BrN2O3. The van der Waals surface area contributed by atoms with Gasteiger partial charge in [-0.1, -0.05) is 22.0 Å². The molecule has 0 bridgehead atoms. The third kappa shape index (κ3) is 2.95. The Labute approximate surface area is 130 Å². The zero-order chi connectivity index (χ0) is 14.8. The molecule has 21 heavy (non-hydrogen) atoms. The van der Waals surface area contributed by atoms with Gasteiger partial charge < -0.3 is 20.5 Å². The number of nitrogens with one attached hydrogen (secondary N) is 1. The van der Waals surface area contributed by atoms with E-state index in [0.29, 0.717) is 23.5 Å². The van der Waals surface area contributed by atoms with Gasteiger partial charge in [0.2, 0.25) is 6.79 Å². The van der Waals surface area contributed by atoms with E-state index in [2.05, 4.69) is 21.2 Å². The fourth-order valence-electron chi connectivity index (χ4n) is 2.07. The highest BCUT2D eigenvalue weighted by Crippen LogP contribution is 2.32. The van der Waals surface area contributed by atoms with Crippen LogP contribution in [0.25, 0.3) is 0 Å².